The van der Waals surface area contributed by atoms with Gasteiger partial charge in [0.1, 0.15) is 17.4 Å². The van der Waals surface area contributed by atoms with Crippen LogP contribution in [-0.4, -0.2) is 58.9 Å². The van der Waals surface area contributed by atoms with Gasteiger partial charge in [-0.2, -0.15) is 0 Å². The number of likely N-dealkylation sites (tertiary alicyclic amines) is 1. The SMILES string of the molecule is COc1ccccc1CN1CCC(c2nnc(CN(C)C)n2C)CC1. The summed E-state index contributed by atoms with van der Waals surface area (Å²) in [5.41, 5.74) is 1.26. The highest BCUT2D eigenvalue weighted by molar-refractivity contribution is 5.33. The Morgan fingerprint density at radius 1 is 1.16 bits per heavy atom. The molecule has 2 heterocycles. The van der Waals surface area contributed by atoms with Crippen LogP contribution >= 0.6 is 0 Å². The molecule has 1 aliphatic heterocycles. The number of ether oxygens (including phenoxy) is 1. The summed E-state index contributed by atoms with van der Waals surface area (Å²) < 4.78 is 7.66. The summed E-state index contributed by atoms with van der Waals surface area (Å²) in [6.45, 7) is 3.94. The average Bonchev–Trinajstić information content (AvgIpc) is 2.96. The average molecular weight is 343 g/mol. The summed E-state index contributed by atoms with van der Waals surface area (Å²) in [4.78, 5) is 4.63. The molecule has 0 saturated carbocycles. The minimum absolute atomic E-state index is 0.502. The first kappa shape index (κ1) is 17.9. The van der Waals surface area contributed by atoms with E-state index in [4.69, 9.17) is 4.74 Å². The van der Waals surface area contributed by atoms with Crippen molar-refractivity contribution in [1.29, 1.82) is 0 Å². The normalized spacial score (nSPS) is 16.5. The predicted octanol–water partition coefficient (Wildman–Crippen LogP) is 2.26. The minimum atomic E-state index is 0.502. The van der Waals surface area contributed by atoms with Crippen LogP contribution in [0.4, 0.5) is 0 Å². The Kier molecular flexibility index (Phi) is 5.71. The maximum Gasteiger partial charge on any atom is 0.146 e. The van der Waals surface area contributed by atoms with Gasteiger partial charge in [-0.3, -0.25) is 4.90 Å². The molecule has 1 aromatic carbocycles. The molecule has 0 aliphatic carbocycles. The molecule has 0 radical (unpaired) electrons. The molecule has 3 rings (SSSR count). The standard InChI is InChI=1S/C19H29N5O/c1-22(2)14-18-20-21-19(23(18)3)15-9-11-24(12-10-15)13-16-7-5-6-8-17(16)25-4/h5-8,15H,9-14H2,1-4H3. The van der Waals surface area contributed by atoms with Gasteiger partial charge in [0.2, 0.25) is 0 Å². The van der Waals surface area contributed by atoms with Gasteiger partial charge >= 0.3 is 0 Å². The fraction of sp³-hybridized carbons (Fsp3) is 0.579. The number of nitrogens with zero attached hydrogens (tertiary/aromatic N) is 5. The predicted molar refractivity (Wildman–Crippen MR) is 98.6 cm³/mol. The van der Waals surface area contributed by atoms with Crippen LogP contribution in [0.5, 0.6) is 5.75 Å². The molecule has 0 N–H and O–H groups in total. The molecule has 1 aromatic heterocycles. The van der Waals surface area contributed by atoms with E-state index in [2.05, 4.69) is 57.8 Å². The number of rotatable bonds is 6. The Morgan fingerprint density at radius 3 is 2.56 bits per heavy atom. The molecule has 1 saturated heterocycles. The zero-order valence-electron chi connectivity index (χ0n) is 15.8. The van der Waals surface area contributed by atoms with Crippen LogP contribution in [0, 0.1) is 0 Å². The van der Waals surface area contributed by atoms with Gasteiger partial charge in [-0.15, -0.1) is 10.2 Å². The van der Waals surface area contributed by atoms with Crippen molar-refractivity contribution >= 4 is 0 Å². The topological polar surface area (TPSA) is 46.4 Å². The van der Waals surface area contributed by atoms with Crippen LogP contribution in [0.15, 0.2) is 24.3 Å². The van der Waals surface area contributed by atoms with E-state index in [-0.39, 0.29) is 0 Å². The maximum absolute atomic E-state index is 5.48. The van der Waals surface area contributed by atoms with Crippen LogP contribution in [-0.2, 0) is 20.1 Å². The molecule has 0 atom stereocenters. The fourth-order valence-electron chi connectivity index (χ4n) is 3.58. The quantitative estimate of drug-likeness (QED) is 0.805. The van der Waals surface area contributed by atoms with E-state index in [1.165, 1.54) is 5.56 Å². The van der Waals surface area contributed by atoms with E-state index in [0.29, 0.717) is 5.92 Å². The fourth-order valence-corrected chi connectivity index (χ4v) is 3.58. The lowest BCUT2D eigenvalue weighted by Gasteiger charge is -2.31. The zero-order chi connectivity index (χ0) is 17.8. The van der Waals surface area contributed by atoms with Crippen LogP contribution in [0.25, 0.3) is 0 Å². The molecule has 6 nitrogen and oxygen atoms in total. The molecule has 0 bridgehead atoms. The Hall–Kier alpha value is -1.92. The van der Waals surface area contributed by atoms with Crippen LogP contribution in [0.3, 0.4) is 0 Å². The van der Waals surface area contributed by atoms with Gasteiger partial charge in [-0.1, -0.05) is 18.2 Å². The van der Waals surface area contributed by atoms with Crippen LogP contribution < -0.4 is 4.74 Å². The van der Waals surface area contributed by atoms with Gasteiger partial charge in [0, 0.05) is 25.1 Å². The summed E-state index contributed by atoms with van der Waals surface area (Å²) in [6.07, 6.45) is 2.26. The number of hydrogen-bond acceptors (Lipinski definition) is 5. The van der Waals surface area contributed by atoms with Gasteiger partial charge in [-0.05, 0) is 46.1 Å². The van der Waals surface area contributed by atoms with Crippen LogP contribution in [0.1, 0.15) is 36.0 Å². The van der Waals surface area contributed by atoms with E-state index in [1.54, 1.807) is 7.11 Å². The first-order chi connectivity index (χ1) is 12.1. The van der Waals surface area contributed by atoms with Gasteiger partial charge < -0.3 is 14.2 Å². The second-order valence-corrected chi connectivity index (χ2v) is 7.13. The molecular formula is C19H29N5O. The van der Waals surface area contributed by atoms with Crippen molar-refractivity contribution in [1.82, 2.24) is 24.6 Å². The summed E-state index contributed by atoms with van der Waals surface area (Å²) in [5.74, 6) is 3.65. The number of para-hydroxylation sites is 1. The molecule has 0 unspecified atom stereocenters. The van der Waals surface area contributed by atoms with Crippen molar-refractivity contribution in [3.8, 4) is 5.75 Å². The second-order valence-electron chi connectivity index (χ2n) is 7.13. The first-order valence-corrected chi connectivity index (χ1v) is 8.95. The van der Waals surface area contributed by atoms with Crippen molar-refractivity contribution < 1.29 is 4.74 Å². The van der Waals surface area contributed by atoms with E-state index in [9.17, 15) is 0 Å². The Bertz CT molecular complexity index is 689. The summed E-state index contributed by atoms with van der Waals surface area (Å²) in [5, 5.41) is 8.86. The number of aromatic nitrogens is 3. The Morgan fingerprint density at radius 2 is 1.88 bits per heavy atom. The largest absolute Gasteiger partial charge is 0.496 e. The smallest absolute Gasteiger partial charge is 0.146 e. The molecule has 6 heteroatoms. The Labute approximate surface area is 150 Å². The van der Waals surface area contributed by atoms with E-state index in [1.807, 2.05) is 12.1 Å². The molecule has 0 amide bonds. The Balaban J connectivity index is 1.60. The number of hydrogen-bond donors (Lipinski definition) is 0. The first-order valence-electron chi connectivity index (χ1n) is 8.95. The zero-order valence-corrected chi connectivity index (χ0v) is 15.8. The van der Waals surface area contributed by atoms with E-state index < -0.39 is 0 Å². The lowest BCUT2D eigenvalue weighted by Crippen LogP contribution is -2.33. The number of benzene rings is 1. The summed E-state index contributed by atoms with van der Waals surface area (Å²) in [6, 6.07) is 8.29. The third kappa shape index (κ3) is 4.19. The van der Waals surface area contributed by atoms with Crippen molar-refractivity contribution in [2.24, 2.45) is 7.05 Å². The highest BCUT2D eigenvalue weighted by Gasteiger charge is 2.25. The van der Waals surface area contributed by atoms with Gasteiger partial charge in [0.05, 0.1) is 13.7 Å². The summed E-state index contributed by atoms with van der Waals surface area (Å²) in [7, 11) is 7.95. The van der Waals surface area contributed by atoms with E-state index >= 15 is 0 Å². The van der Waals surface area contributed by atoms with Crippen molar-refractivity contribution in [2.45, 2.75) is 31.8 Å². The van der Waals surface area contributed by atoms with Gasteiger partial charge in [0.25, 0.3) is 0 Å². The molecular weight excluding hydrogens is 314 g/mol. The molecule has 1 aliphatic rings. The van der Waals surface area contributed by atoms with Gasteiger partial charge in [-0.25, -0.2) is 0 Å². The summed E-state index contributed by atoms with van der Waals surface area (Å²) >= 11 is 0. The number of methoxy groups -OCH3 is 1. The molecule has 25 heavy (non-hydrogen) atoms. The lowest BCUT2D eigenvalue weighted by molar-refractivity contribution is 0.198. The molecule has 136 valence electrons. The minimum Gasteiger partial charge on any atom is -0.496 e. The monoisotopic (exact) mass is 343 g/mol. The van der Waals surface area contributed by atoms with Crippen LogP contribution in [0.2, 0.25) is 0 Å². The molecule has 2 aromatic rings. The maximum atomic E-state index is 5.48. The molecule has 0 spiro atoms. The highest BCUT2D eigenvalue weighted by atomic mass is 16.5. The van der Waals surface area contributed by atoms with Crippen molar-refractivity contribution in [2.75, 3.05) is 34.3 Å². The van der Waals surface area contributed by atoms with Crippen molar-refractivity contribution in [3.63, 3.8) is 0 Å². The van der Waals surface area contributed by atoms with Gasteiger partial charge in [0.15, 0.2) is 0 Å². The number of piperidine rings is 1. The third-order valence-corrected chi connectivity index (χ3v) is 5.00. The van der Waals surface area contributed by atoms with Crippen molar-refractivity contribution in [3.05, 3.63) is 41.5 Å². The molecule has 1 fully saturated rings. The highest BCUT2D eigenvalue weighted by Crippen LogP contribution is 2.29. The second kappa shape index (κ2) is 7.97. The lowest BCUT2D eigenvalue weighted by atomic mass is 9.95. The van der Waals surface area contributed by atoms with E-state index in [0.717, 1.165) is 56.4 Å². The third-order valence-electron chi connectivity index (χ3n) is 5.00.